The van der Waals surface area contributed by atoms with Crippen LogP contribution in [0, 0.1) is 0 Å². The summed E-state index contributed by atoms with van der Waals surface area (Å²) in [6.07, 6.45) is 19.6. The minimum atomic E-state index is 0.340. The first-order valence-corrected chi connectivity index (χ1v) is 9.87. The predicted octanol–water partition coefficient (Wildman–Crippen LogP) is 6.86. The van der Waals surface area contributed by atoms with Crippen LogP contribution >= 0.6 is 0 Å². The van der Waals surface area contributed by atoms with Gasteiger partial charge in [-0.15, -0.1) is 0 Å². The Hall–Kier alpha value is -0.0400. The molecule has 128 valence electrons. The standard InChI is InChI=1S/C20H43N/c1-5-7-9-11-13-14-16-18-20(3,4)21-19-17-15-12-10-8-6-2/h21H,5-19H2,1-4H3. The van der Waals surface area contributed by atoms with Gasteiger partial charge >= 0.3 is 0 Å². The largest absolute Gasteiger partial charge is 0.312 e. The van der Waals surface area contributed by atoms with Crippen LogP contribution in [0.2, 0.25) is 0 Å². The van der Waals surface area contributed by atoms with Gasteiger partial charge in [-0.3, -0.25) is 0 Å². The van der Waals surface area contributed by atoms with Crippen molar-refractivity contribution in [1.82, 2.24) is 5.32 Å². The Morgan fingerprint density at radius 3 is 1.52 bits per heavy atom. The average Bonchev–Trinajstić information content (AvgIpc) is 2.45. The molecule has 0 heterocycles. The molecule has 0 radical (unpaired) electrons. The maximum absolute atomic E-state index is 3.76. The van der Waals surface area contributed by atoms with Crippen molar-refractivity contribution in [2.45, 2.75) is 123 Å². The van der Waals surface area contributed by atoms with Crippen LogP contribution < -0.4 is 5.32 Å². The van der Waals surface area contributed by atoms with Gasteiger partial charge in [-0.25, -0.2) is 0 Å². The highest BCUT2D eigenvalue weighted by Crippen LogP contribution is 2.16. The van der Waals surface area contributed by atoms with E-state index in [2.05, 4.69) is 33.0 Å². The lowest BCUT2D eigenvalue weighted by atomic mass is 9.95. The molecule has 0 aliphatic carbocycles. The van der Waals surface area contributed by atoms with E-state index in [9.17, 15) is 0 Å². The molecule has 0 aliphatic rings. The molecule has 0 aromatic rings. The van der Waals surface area contributed by atoms with Gasteiger partial charge in [0.15, 0.2) is 0 Å². The van der Waals surface area contributed by atoms with Crippen molar-refractivity contribution in [3.05, 3.63) is 0 Å². The van der Waals surface area contributed by atoms with Crippen LogP contribution in [0.15, 0.2) is 0 Å². The topological polar surface area (TPSA) is 12.0 Å². The van der Waals surface area contributed by atoms with E-state index in [1.165, 1.54) is 96.4 Å². The lowest BCUT2D eigenvalue weighted by Gasteiger charge is -2.26. The molecule has 0 unspecified atom stereocenters. The molecule has 0 saturated heterocycles. The van der Waals surface area contributed by atoms with Crippen molar-refractivity contribution in [1.29, 1.82) is 0 Å². The Morgan fingerprint density at radius 2 is 1.00 bits per heavy atom. The van der Waals surface area contributed by atoms with E-state index < -0.39 is 0 Å². The van der Waals surface area contributed by atoms with E-state index in [1.807, 2.05) is 0 Å². The van der Waals surface area contributed by atoms with Gasteiger partial charge in [-0.1, -0.05) is 90.9 Å². The molecule has 1 nitrogen and oxygen atoms in total. The highest BCUT2D eigenvalue weighted by atomic mass is 14.9. The summed E-state index contributed by atoms with van der Waals surface area (Å²) in [5, 5.41) is 3.76. The van der Waals surface area contributed by atoms with Gasteiger partial charge < -0.3 is 5.32 Å². The maximum Gasteiger partial charge on any atom is 0.0125 e. The minimum absolute atomic E-state index is 0.340. The van der Waals surface area contributed by atoms with Crippen molar-refractivity contribution in [3.63, 3.8) is 0 Å². The van der Waals surface area contributed by atoms with Gasteiger partial charge in [0.05, 0.1) is 0 Å². The first-order chi connectivity index (χ1) is 10.1. The van der Waals surface area contributed by atoms with Crippen LogP contribution in [0.25, 0.3) is 0 Å². The van der Waals surface area contributed by atoms with E-state index in [4.69, 9.17) is 0 Å². The third kappa shape index (κ3) is 16.2. The number of hydrogen-bond donors (Lipinski definition) is 1. The molecule has 0 rings (SSSR count). The quantitative estimate of drug-likeness (QED) is 0.307. The normalized spacial score (nSPS) is 12.0. The third-order valence-corrected chi connectivity index (χ3v) is 4.54. The summed E-state index contributed by atoms with van der Waals surface area (Å²) < 4.78 is 0. The second-order valence-electron chi connectivity index (χ2n) is 7.45. The van der Waals surface area contributed by atoms with Crippen LogP contribution in [-0.2, 0) is 0 Å². The molecule has 0 amide bonds. The molecule has 1 heteroatoms. The minimum Gasteiger partial charge on any atom is -0.312 e. The Balaban J connectivity index is 3.35. The molecule has 0 atom stereocenters. The monoisotopic (exact) mass is 297 g/mol. The summed E-state index contributed by atoms with van der Waals surface area (Å²) >= 11 is 0. The number of rotatable bonds is 16. The second-order valence-corrected chi connectivity index (χ2v) is 7.45. The highest BCUT2D eigenvalue weighted by molar-refractivity contribution is 4.77. The zero-order valence-electron chi connectivity index (χ0n) is 15.6. The van der Waals surface area contributed by atoms with E-state index >= 15 is 0 Å². The number of nitrogens with one attached hydrogen (secondary N) is 1. The summed E-state index contributed by atoms with van der Waals surface area (Å²) in [6, 6.07) is 0. The zero-order valence-corrected chi connectivity index (χ0v) is 15.6. The molecule has 0 saturated carbocycles. The Kier molecular flexibility index (Phi) is 14.9. The fourth-order valence-electron chi connectivity index (χ4n) is 2.94. The van der Waals surface area contributed by atoms with Crippen LogP contribution in [0.4, 0.5) is 0 Å². The summed E-state index contributed by atoms with van der Waals surface area (Å²) in [4.78, 5) is 0. The SMILES string of the molecule is CCCCCCCCCC(C)(C)NCCCCCCCC. The first-order valence-electron chi connectivity index (χ1n) is 9.87. The van der Waals surface area contributed by atoms with Crippen LogP contribution in [0.5, 0.6) is 0 Å². The van der Waals surface area contributed by atoms with Gasteiger partial charge in [0, 0.05) is 5.54 Å². The molecule has 0 aromatic carbocycles. The number of hydrogen-bond acceptors (Lipinski definition) is 1. The molecule has 0 spiro atoms. The van der Waals surface area contributed by atoms with Gasteiger partial charge in [0.25, 0.3) is 0 Å². The average molecular weight is 298 g/mol. The van der Waals surface area contributed by atoms with Crippen LogP contribution in [-0.4, -0.2) is 12.1 Å². The fourth-order valence-corrected chi connectivity index (χ4v) is 2.94. The van der Waals surface area contributed by atoms with E-state index in [1.54, 1.807) is 0 Å². The summed E-state index contributed by atoms with van der Waals surface area (Å²) in [7, 11) is 0. The molecule has 0 aromatic heterocycles. The Bertz CT molecular complexity index is 178. The van der Waals surface area contributed by atoms with Crippen LogP contribution in [0.1, 0.15) is 118 Å². The van der Waals surface area contributed by atoms with Crippen molar-refractivity contribution >= 4 is 0 Å². The fraction of sp³-hybridized carbons (Fsp3) is 1.00. The molecule has 21 heavy (non-hydrogen) atoms. The van der Waals surface area contributed by atoms with Crippen molar-refractivity contribution in [2.75, 3.05) is 6.54 Å². The molecular formula is C20H43N. The third-order valence-electron chi connectivity index (χ3n) is 4.54. The summed E-state index contributed by atoms with van der Waals surface area (Å²) in [5.74, 6) is 0. The van der Waals surface area contributed by atoms with E-state index in [0.29, 0.717) is 5.54 Å². The second kappa shape index (κ2) is 14.9. The molecular weight excluding hydrogens is 254 g/mol. The smallest absolute Gasteiger partial charge is 0.0125 e. The molecule has 0 fully saturated rings. The molecule has 0 aliphatic heterocycles. The number of unbranched alkanes of at least 4 members (excludes halogenated alkanes) is 11. The van der Waals surface area contributed by atoms with Crippen LogP contribution in [0.3, 0.4) is 0 Å². The predicted molar refractivity (Wildman–Crippen MR) is 98.1 cm³/mol. The van der Waals surface area contributed by atoms with Gasteiger partial charge in [0.1, 0.15) is 0 Å². The van der Waals surface area contributed by atoms with Crippen molar-refractivity contribution in [2.24, 2.45) is 0 Å². The van der Waals surface area contributed by atoms with Gasteiger partial charge in [0.2, 0.25) is 0 Å². The molecule has 0 bridgehead atoms. The molecule has 1 N–H and O–H groups in total. The van der Waals surface area contributed by atoms with E-state index in [-0.39, 0.29) is 0 Å². The van der Waals surface area contributed by atoms with Crippen molar-refractivity contribution < 1.29 is 0 Å². The highest BCUT2D eigenvalue weighted by Gasteiger charge is 2.15. The lowest BCUT2D eigenvalue weighted by molar-refractivity contribution is 0.342. The zero-order chi connectivity index (χ0) is 15.8. The Morgan fingerprint density at radius 1 is 0.571 bits per heavy atom. The van der Waals surface area contributed by atoms with E-state index in [0.717, 1.165) is 0 Å². The van der Waals surface area contributed by atoms with Crippen molar-refractivity contribution in [3.8, 4) is 0 Å². The van der Waals surface area contributed by atoms with Gasteiger partial charge in [-0.2, -0.15) is 0 Å². The first kappa shape index (κ1) is 21.0. The lowest BCUT2D eigenvalue weighted by Crippen LogP contribution is -2.39. The van der Waals surface area contributed by atoms with Gasteiger partial charge in [-0.05, 0) is 33.2 Å². The maximum atomic E-state index is 3.76. The summed E-state index contributed by atoms with van der Waals surface area (Å²) in [5.41, 5.74) is 0.340. The Labute approximate surface area is 135 Å². The summed E-state index contributed by atoms with van der Waals surface area (Å²) in [6.45, 7) is 10.5.